The van der Waals surface area contributed by atoms with Gasteiger partial charge in [-0.1, -0.05) is 47.2 Å². The van der Waals surface area contributed by atoms with Crippen LogP contribution < -0.4 is 4.90 Å². The highest BCUT2D eigenvalue weighted by Gasteiger charge is 2.23. The number of para-hydroxylation sites is 1. The van der Waals surface area contributed by atoms with Gasteiger partial charge in [-0.05, 0) is 30.7 Å². The van der Waals surface area contributed by atoms with Crippen molar-refractivity contribution in [1.29, 1.82) is 0 Å². The number of thiazole rings is 1. The number of aryl methyl sites for hydroxylation is 1. The molecule has 1 aromatic carbocycles. The fourth-order valence-corrected chi connectivity index (χ4v) is 4.02. The molecule has 0 saturated heterocycles. The maximum Gasteiger partial charge on any atom is 0.287 e. The van der Waals surface area contributed by atoms with Crippen molar-refractivity contribution in [1.82, 2.24) is 14.6 Å². The van der Waals surface area contributed by atoms with Gasteiger partial charge in [-0.25, -0.2) is 9.50 Å². The normalized spacial score (nSPS) is 11.0. The predicted octanol–water partition coefficient (Wildman–Crippen LogP) is 4.70. The molecule has 3 aromatic heterocycles. The molecule has 0 aliphatic heterocycles. The Morgan fingerprint density at radius 1 is 1.19 bits per heavy atom. The predicted molar refractivity (Wildman–Crippen MR) is 105 cm³/mol. The van der Waals surface area contributed by atoms with Gasteiger partial charge in [-0.2, -0.15) is 5.10 Å². The summed E-state index contributed by atoms with van der Waals surface area (Å²) in [6.07, 6.45) is 3.58. The number of hydrogen-bond acceptors (Lipinski definition) is 4. The van der Waals surface area contributed by atoms with Crippen LogP contribution in [0.2, 0.25) is 4.34 Å². The summed E-state index contributed by atoms with van der Waals surface area (Å²) in [5.41, 5.74) is 4.16. The van der Waals surface area contributed by atoms with Gasteiger partial charge in [0.05, 0.1) is 11.7 Å². The number of pyridine rings is 1. The quantitative estimate of drug-likeness (QED) is 0.516. The number of nitrogens with zero attached hydrogens (tertiary/aromatic N) is 4. The van der Waals surface area contributed by atoms with Gasteiger partial charge in [0.2, 0.25) is 0 Å². The van der Waals surface area contributed by atoms with E-state index in [0.29, 0.717) is 15.0 Å². The highest BCUT2D eigenvalue weighted by atomic mass is 35.5. The number of fused-ring (bicyclic) bond motifs is 1. The Labute approximate surface area is 159 Å². The first-order valence-corrected chi connectivity index (χ1v) is 9.18. The number of anilines is 1. The second-order valence-corrected chi connectivity index (χ2v) is 7.48. The first-order chi connectivity index (χ1) is 12.6. The molecule has 4 rings (SSSR count). The average molecular weight is 383 g/mol. The second-order valence-electron chi connectivity index (χ2n) is 5.88. The molecule has 26 heavy (non-hydrogen) atoms. The fourth-order valence-electron chi connectivity index (χ4n) is 2.87. The van der Waals surface area contributed by atoms with Gasteiger partial charge in [0, 0.05) is 24.5 Å². The molecule has 0 spiro atoms. The van der Waals surface area contributed by atoms with Crippen molar-refractivity contribution in [2.75, 3.05) is 11.9 Å². The number of hydrogen-bond donors (Lipinski definition) is 0. The van der Waals surface area contributed by atoms with Crippen molar-refractivity contribution >= 4 is 40.0 Å². The van der Waals surface area contributed by atoms with Crippen LogP contribution in [0.5, 0.6) is 0 Å². The minimum atomic E-state index is -0.186. The summed E-state index contributed by atoms with van der Waals surface area (Å²) in [7, 11) is 1.75. The molecule has 1 amide bonds. The van der Waals surface area contributed by atoms with E-state index in [1.165, 1.54) is 11.3 Å². The summed E-state index contributed by atoms with van der Waals surface area (Å²) in [6.45, 7) is 1.97. The fraction of sp³-hybridized carbons (Fsp3) is 0.105. The molecule has 0 saturated carbocycles. The monoisotopic (exact) mass is 382 g/mol. The van der Waals surface area contributed by atoms with E-state index in [-0.39, 0.29) is 5.91 Å². The number of rotatable bonds is 3. The minimum absolute atomic E-state index is 0.186. The Balaban J connectivity index is 1.73. The van der Waals surface area contributed by atoms with Gasteiger partial charge in [0.15, 0.2) is 5.01 Å². The molecule has 0 bridgehead atoms. The van der Waals surface area contributed by atoms with Crippen LogP contribution in [0.4, 0.5) is 5.69 Å². The van der Waals surface area contributed by atoms with E-state index >= 15 is 0 Å². The molecule has 3 heterocycles. The molecular weight excluding hydrogens is 368 g/mol. The van der Waals surface area contributed by atoms with Crippen LogP contribution in [0, 0.1) is 6.92 Å². The van der Waals surface area contributed by atoms with E-state index < -0.39 is 0 Å². The molecular formula is C19H15ClN4OS. The smallest absolute Gasteiger partial charge is 0.287 e. The lowest BCUT2D eigenvalue weighted by Gasteiger charge is -2.18. The SMILES string of the molecule is Cc1ccccc1N(C)C(=O)c1nc(-c2cnn3ccccc23)c(Cl)s1. The summed E-state index contributed by atoms with van der Waals surface area (Å²) >= 11 is 7.60. The lowest BCUT2D eigenvalue weighted by Crippen LogP contribution is -2.26. The third-order valence-electron chi connectivity index (χ3n) is 4.23. The van der Waals surface area contributed by atoms with Crippen LogP contribution >= 0.6 is 22.9 Å². The van der Waals surface area contributed by atoms with Gasteiger partial charge < -0.3 is 4.90 Å². The average Bonchev–Trinajstić information content (AvgIpc) is 3.24. The molecule has 0 aliphatic rings. The van der Waals surface area contributed by atoms with E-state index in [0.717, 1.165) is 22.3 Å². The maximum atomic E-state index is 12.9. The van der Waals surface area contributed by atoms with Crippen molar-refractivity contribution in [2.45, 2.75) is 6.92 Å². The number of amides is 1. The lowest BCUT2D eigenvalue weighted by atomic mass is 10.2. The van der Waals surface area contributed by atoms with Crippen molar-refractivity contribution in [3.05, 3.63) is 69.8 Å². The topological polar surface area (TPSA) is 50.5 Å². The van der Waals surface area contributed by atoms with E-state index in [1.807, 2.05) is 55.6 Å². The van der Waals surface area contributed by atoms with Crippen LogP contribution in [0.15, 0.2) is 54.9 Å². The molecule has 0 atom stereocenters. The van der Waals surface area contributed by atoms with Crippen LogP contribution in [0.3, 0.4) is 0 Å². The summed E-state index contributed by atoms with van der Waals surface area (Å²) in [5, 5.41) is 4.66. The molecule has 0 aliphatic carbocycles. The Kier molecular flexibility index (Phi) is 4.22. The molecule has 7 heteroatoms. The van der Waals surface area contributed by atoms with Crippen LogP contribution in [0.25, 0.3) is 16.8 Å². The first kappa shape index (κ1) is 16.8. The molecule has 0 fully saturated rings. The molecule has 0 unspecified atom stereocenters. The number of carbonyl (C=O) groups excluding carboxylic acids is 1. The maximum absolute atomic E-state index is 12.9. The van der Waals surface area contributed by atoms with Gasteiger partial charge in [-0.3, -0.25) is 4.79 Å². The zero-order valence-corrected chi connectivity index (χ0v) is 15.8. The van der Waals surface area contributed by atoms with Crippen LogP contribution in [-0.4, -0.2) is 27.6 Å². The third-order valence-corrected chi connectivity index (χ3v) is 5.47. The van der Waals surface area contributed by atoms with E-state index in [1.54, 1.807) is 22.7 Å². The summed E-state index contributed by atoms with van der Waals surface area (Å²) < 4.78 is 2.23. The second kappa shape index (κ2) is 6.55. The standard InChI is InChI=1S/C19H15ClN4OS/c1-12-7-3-4-8-14(12)23(2)19(25)18-22-16(17(20)26-18)13-11-21-24-10-6-5-9-15(13)24/h3-11H,1-2H3. The first-order valence-electron chi connectivity index (χ1n) is 7.99. The zero-order chi connectivity index (χ0) is 18.3. The minimum Gasteiger partial charge on any atom is -0.309 e. The molecule has 130 valence electrons. The molecule has 0 N–H and O–H groups in total. The lowest BCUT2D eigenvalue weighted by molar-refractivity contribution is 0.0992. The summed E-state index contributed by atoms with van der Waals surface area (Å²) in [5.74, 6) is -0.186. The highest BCUT2D eigenvalue weighted by Crippen LogP contribution is 2.35. The Bertz CT molecular complexity index is 1120. The van der Waals surface area contributed by atoms with E-state index in [9.17, 15) is 4.79 Å². The number of benzene rings is 1. The van der Waals surface area contributed by atoms with Crippen LogP contribution in [0.1, 0.15) is 15.4 Å². The number of aromatic nitrogens is 3. The van der Waals surface area contributed by atoms with Crippen molar-refractivity contribution < 1.29 is 4.79 Å². The van der Waals surface area contributed by atoms with Gasteiger partial charge in [0.25, 0.3) is 5.91 Å². The van der Waals surface area contributed by atoms with Gasteiger partial charge in [0.1, 0.15) is 10.0 Å². The van der Waals surface area contributed by atoms with Gasteiger partial charge >= 0.3 is 0 Å². The van der Waals surface area contributed by atoms with Crippen molar-refractivity contribution in [3.8, 4) is 11.3 Å². The third kappa shape index (κ3) is 2.77. The number of carbonyl (C=O) groups is 1. The molecule has 4 aromatic rings. The Hall–Kier alpha value is -2.70. The van der Waals surface area contributed by atoms with E-state index in [2.05, 4.69) is 10.1 Å². The van der Waals surface area contributed by atoms with Crippen molar-refractivity contribution in [2.24, 2.45) is 0 Å². The summed E-state index contributed by atoms with van der Waals surface area (Å²) in [6, 6.07) is 13.5. The van der Waals surface area contributed by atoms with Gasteiger partial charge in [-0.15, -0.1) is 0 Å². The summed E-state index contributed by atoms with van der Waals surface area (Å²) in [4.78, 5) is 19.0. The van der Waals surface area contributed by atoms with Crippen LogP contribution in [-0.2, 0) is 0 Å². The van der Waals surface area contributed by atoms with Crippen molar-refractivity contribution in [3.63, 3.8) is 0 Å². The molecule has 0 radical (unpaired) electrons. The number of halogens is 1. The highest BCUT2D eigenvalue weighted by molar-refractivity contribution is 7.18. The Morgan fingerprint density at radius 3 is 2.77 bits per heavy atom. The molecule has 5 nitrogen and oxygen atoms in total. The Morgan fingerprint density at radius 2 is 1.96 bits per heavy atom. The zero-order valence-electron chi connectivity index (χ0n) is 14.2. The largest absolute Gasteiger partial charge is 0.309 e. The van der Waals surface area contributed by atoms with E-state index in [4.69, 9.17) is 11.6 Å².